The van der Waals surface area contributed by atoms with E-state index >= 15 is 0 Å². The number of pyridine rings is 1. The van der Waals surface area contributed by atoms with Crippen LogP contribution in [-0.4, -0.2) is 52.2 Å². The zero-order valence-corrected chi connectivity index (χ0v) is 13.9. The molecule has 3 rings (SSSR count). The molecule has 0 saturated carbocycles. The fourth-order valence-electron chi connectivity index (χ4n) is 2.66. The second kappa shape index (κ2) is 6.02. The molecule has 0 atom stereocenters. The van der Waals surface area contributed by atoms with E-state index in [0.717, 1.165) is 24.6 Å². The number of amides is 1. The number of rotatable bonds is 2. The fourth-order valence-corrected chi connectivity index (χ4v) is 2.66. The van der Waals surface area contributed by atoms with Gasteiger partial charge in [0.2, 0.25) is 0 Å². The predicted molar refractivity (Wildman–Crippen MR) is 89.6 cm³/mol. The summed E-state index contributed by atoms with van der Waals surface area (Å²) in [6, 6.07) is 7.76. The summed E-state index contributed by atoms with van der Waals surface area (Å²) in [5.41, 5.74) is 1.44. The van der Waals surface area contributed by atoms with Gasteiger partial charge in [0.1, 0.15) is 11.5 Å². The highest BCUT2D eigenvalue weighted by Crippen LogP contribution is 2.21. The van der Waals surface area contributed by atoms with Crippen LogP contribution in [-0.2, 0) is 5.41 Å². The lowest BCUT2D eigenvalue weighted by Crippen LogP contribution is -2.49. The molecule has 6 heteroatoms. The summed E-state index contributed by atoms with van der Waals surface area (Å²) >= 11 is 0. The Balaban J connectivity index is 1.63. The Morgan fingerprint density at radius 3 is 2.48 bits per heavy atom. The maximum atomic E-state index is 12.6. The summed E-state index contributed by atoms with van der Waals surface area (Å²) in [6.45, 7) is 9.25. The minimum atomic E-state index is -0.0385. The number of H-pyrrole nitrogens is 1. The number of hydrogen-bond acceptors (Lipinski definition) is 4. The third kappa shape index (κ3) is 3.36. The topological polar surface area (TPSA) is 65.1 Å². The molecule has 0 aromatic carbocycles. The molecule has 0 aliphatic carbocycles. The lowest BCUT2D eigenvalue weighted by molar-refractivity contribution is 0.0740. The Hall–Kier alpha value is -2.37. The monoisotopic (exact) mass is 313 g/mol. The lowest BCUT2D eigenvalue weighted by atomic mass is 9.92. The van der Waals surface area contributed by atoms with Gasteiger partial charge in [-0.1, -0.05) is 26.8 Å². The van der Waals surface area contributed by atoms with E-state index in [1.807, 2.05) is 29.2 Å². The van der Waals surface area contributed by atoms with Gasteiger partial charge in [0.25, 0.3) is 5.91 Å². The summed E-state index contributed by atoms with van der Waals surface area (Å²) in [7, 11) is 0. The second-order valence-corrected chi connectivity index (χ2v) is 6.88. The molecular weight excluding hydrogens is 290 g/mol. The van der Waals surface area contributed by atoms with E-state index in [0.29, 0.717) is 18.8 Å². The Morgan fingerprint density at radius 2 is 1.91 bits per heavy atom. The number of carbonyl (C=O) groups is 1. The van der Waals surface area contributed by atoms with Crippen LogP contribution >= 0.6 is 0 Å². The SMILES string of the molecule is CC(C)(C)c1cc(C(=O)N2CCN(c3ccccn3)CC2)n[nH]1. The van der Waals surface area contributed by atoms with Crippen molar-refractivity contribution >= 4 is 11.7 Å². The van der Waals surface area contributed by atoms with Crippen molar-refractivity contribution in [1.29, 1.82) is 0 Å². The summed E-state index contributed by atoms with van der Waals surface area (Å²) in [6.07, 6.45) is 1.80. The summed E-state index contributed by atoms with van der Waals surface area (Å²) in [5.74, 6) is 0.965. The highest BCUT2D eigenvalue weighted by molar-refractivity contribution is 5.92. The van der Waals surface area contributed by atoms with Crippen molar-refractivity contribution in [3.8, 4) is 0 Å². The van der Waals surface area contributed by atoms with Crippen LogP contribution in [0.3, 0.4) is 0 Å². The van der Waals surface area contributed by atoms with Crippen LogP contribution in [0.2, 0.25) is 0 Å². The third-order valence-electron chi connectivity index (χ3n) is 4.15. The zero-order valence-electron chi connectivity index (χ0n) is 13.9. The molecule has 0 spiro atoms. The normalized spacial score (nSPS) is 15.8. The van der Waals surface area contributed by atoms with Crippen molar-refractivity contribution in [2.24, 2.45) is 0 Å². The van der Waals surface area contributed by atoms with E-state index in [9.17, 15) is 4.79 Å². The molecule has 0 unspecified atom stereocenters. The van der Waals surface area contributed by atoms with E-state index in [1.165, 1.54) is 0 Å². The van der Waals surface area contributed by atoms with E-state index in [1.54, 1.807) is 6.20 Å². The minimum absolute atomic E-state index is 0.00239. The molecule has 1 fully saturated rings. The quantitative estimate of drug-likeness (QED) is 0.922. The van der Waals surface area contributed by atoms with Crippen LogP contribution in [0.4, 0.5) is 5.82 Å². The largest absolute Gasteiger partial charge is 0.353 e. The highest BCUT2D eigenvalue weighted by atomic mass is 16.2. The third-order valence-corrected chi connectivity index (χ3v) is 4.15. The Kier molecular flexibility index (Phi) is 4.07. The minimum Gasteiger partial charge on any atom is -0.353 e. The first-order chi connectivity index (χ1) is 10.9. The first kappa shape index (κ1) is 15.5. The molecule has 6 nitrogen and oxygen atoms in total. The molecule has 1 N–H and O–H groups in total. The molecule has 1 saturated heterocycles. The Morgan fingerprint density at radius 1 is 1.17 bits per heavy atom. The van der Waals surface area contributed by atoms with Gasteiger partial charge in [0, 0.05) is 43.5 Å². The van der Waals surface area contributed by atoms with Gasteiger partial charge in [-0.2, -0.15) is 5.10 Å². The number of carbonyl (C=O) groups excluding carboxylic acids is 1. The zero-order chi connectivity index (χ0) is 16.4. The summed E-state index contributed by atoms with van der Waals surface area (Å²) < 4.78 is 0. The lowest BCUT2D eigenvalue weighted by Gasteiger charge is -2.35. The van der Waals surface area contributed by atoms with Crippen molar-refractivity contribution in [2.75, 3.05) is 31.1 Å². The van der Waals surface area contributed by atoms with Gasteiger partial charge in [-0.15, -0.1) is 0 Å². The molecule has 0 radical (unpaired) electrons. The number of hydrogen-bond donors (Lipinski definition) is 1. The van der Waals surface area contributed by atoms with Crippen molar-refractivity contribution < 1.29 is 4.79 Å². The van der Waals surface area contributed by atoms with Crippen molar-refractivity contribution in [3.63, 3.8) is 0 Å². The van der Waals surface area contributed by atoms with Crippen LogP contribution in [0.1, 0.15) is 37.0 Å². The van der Waals surface area contributed by atoms with Crippen LogP contribution in [0.5, 0.6) is 0 Å². The maximum Gasteiger partial charge on any atom is 0.274 e. The molecule has 1 aliphatic rings. The number of aromatic nitrogens is 3. The van der Waals surface area contributed by atoms with Crippen LogP contribution in [0, 0.1) is 0 Å². The van der Waals surface area contributed by atoms with Gasteiger partial charge >= 0.3 is 0 Å². The smallest absolute Gasteiger partial charge is 0.274 e. The number of aromatic amines is 1. The average molecular weight is 313 g/mol. The highest BCUT2D eigenvalue weighted by Gasteiger charge is 2.26. The number of nitrogens with one attached hydrogen (secondary N) is 1. The molecule has 23 heavy (non-hydrogen) atoms. The number of anilines is 1. The molecular formula is C17H23N5O. The molecule has 3 heterocycles. The van der Waals surface area contributed by atoms with Gasteiger partial charge in [0.05, 0.1) is 0 Å². The van der Waals surface area contributed by atoms with Gasteiger partial charge < -0.3 is 9.80 Å². The van der Waals surface area contributed by atoms with Gasteiger partial charge in [-0.25, -0.2) is 4.98 Å². The number of piperazine rings is 1. The van der Waals surface area contributed by atoms with E-state index in [4.69, 9.17) is 0 Å². The number of nitrogens with zero attached hydrogens (tertiary/aromatic N) is 4. The molecule has 1 aliphatic heterocycles. The van der Waals surface area contributed by atoms with E-state index in [2.05, 4.69) is 40.9 Å². The summed E-state index contributed by atoms with van der Waals surface area (Å²) in [5, 5.41) is 7.18. The predicted octanol–water partition coefficient (Wildman–Crippen LogP) is 2.06. The molecule has 0 bridgehead atoms. The van der Waals surface area contributed by atoms with Crippen molar-refractivity contribution in [3.05, 3.63) is 41.9 Å². The van der Waals surface area contributed by atoms with E-state index in [-0.39, 0.29) is 11.3 Å². The standard InChI is InChI=1S/C17H23N5O/c1-17(2,3)14-12-13(19-20-14)16(23)22-10-8-21(9-11-22)15-6-4-5-7-18-15/h4-7,12H,8-11H2,1-3H3,(H,19,20). The molecule has 2 aromatic rings. The van der Waals surface area contributed by atoms with Crippen LogP contribution in [0.25, 0.3) is 0 Å². The van der Waals surface area contributed by atoms with Crippen LogP contribution in [0.15, 0.2) is 30.5 Å². The fraction of sp³-hybridized carbons (Fsp3) is 0.471. The van der Waals surface area contributed by atoms with Crippen molar-refractivity contribution in [2.45, 2.75) is 26.2 Å². The van der Waals surface area contributed by atoms with Gasteiger partial charge in [-0.05, 0) is 18.2 Å². The molecule has 122 valence electrons. The van der Waals surface area contributed by atoms with Crippen molar-refractivity contribution in [1.82, 2.24) is 20.1 Å². The Labute approximate surface area is 136 Å². The maximum absolute atomic E-state index is 12.6. The Bertz CT molecular complexity index is 666. The average Bonchev–Trinajstić information content (AvgIpc) is 3.05. The second-order valence-electron chi connectivity index (χ2n) is 6.88. The summed E-state index contributed by atoms with van der Waals surface area (Å²) in [4.78, 5) is 21.0. The van der Waals surface area contributed by atoms with Gasteiger partial charge in [-0.3, -0.25) is 9.89 Å². The molecule has 2 aromatic heterocycles. The first-order valence-electron chi connectivity index (χ1n) is 7.96. The van der Waals surface area contributed by atoms with E-state index < -0.39 is 0 Å². The first-order valence-corrected chi connectivity index (χ1v) is 7.96. The van der Waals surface area contributed by atoms with Crippen LogP contribution < -0.4 is 4.90 Å². The van der Waals surface area contributed by atoms with Gasteiger partial charge in [0.15, 0.2) is 0 Å². The molecule has 1 amide bonds.